The van der Waals surface area contributed by atoms with Crippen molar-refractivity contribution in [3.05, 3.63) is 0 Å². The fraction of sp³-hybridized carbons (Fsp3) is 0.909. The van der Waals surface area contributed by atoms with E-state index in [-0.39, 0.29) is 10.8 Å². The normalized spacial score (nSPS) is 22.7. The van der Waals surface area contributed by atoms with Crippen LogP contribution in [0.2, 0.25) is 0 Å². The van der Waals surface area contributed by atoms with E-state index in [1.165, 1.54) is 12.8 Å². The van der Waals surface area contributed by atoms with Crippen LogP contribution < -0.4 is 0 Å². The molecule has 0 spiro atoms. The van der Waals surface area contributed by atoms with Crippen LogP contribution >= 0.6 is 0 Å². The van der Waals surface area contributed by atoms with Crippen LogP contribution in [0.1, 0.15) is 53.4 Å². The predicted molar refractivity (Wildman–Crippen MR) is 51.0 cm³/mol. The summed E-state index contributed by atoms with van der Waals surface area (Å²) < 4.78 is 0. The third-order valence-corrected chi connectivity index (χ3v) is 3.57. The molecule has 0 heterocycles. The second kappa shape index (κ2) is 2.86. The van der Waals surface area contributed by atoms with Crippen molar-refractivity contribution in [2.24, 2.45) is 10.8 Å². The zero-order valence-electron chi connectivity index (χ0n) is 8.74. The third-order valence-electron chi connectivity index (χ3n) is 3.57. The number of carbonyl (C=O) groups excluding carboxylic acids is 1. The topological polar surface area (TPSA) is 17.1 Å². The molecule has 1 fully saturated rings. The Morgan fingerprint density at radius 2 is 1.58 bits per heavy atom. The lowest BCUT2D eigenvalue weighted by Crippen LogP contribution is -2.39. The van der Waals surface area contributed by atoms with Gasteiger partial charge in [0.15, 0.2) is 0 Å². The lowest BCUT2D eigenvalue weighted by Gasteiger charge is -2.39. The molecule has 1 nitrogen and oxygen atoms in total. The van der Waals surface area contributed by atoms with Crippen LogP contribution in [0.5, 0.6) is 0 Å². The molecule has 0 unspecified atom stereocenters. The van der Waals surface area contributed by atoms with Crippen molar-refractivity contribution in [3.63, 3.8) is 0 Å². The molecule has 1 aliphatic carbocycles. The molecule has 0 bridgehead atoms. The van der Waals surface area contributed by atoms with Crippen molar-refractivity contribution in [3.8, 4) is 0 Å². The van der Waals surface area contributed by atoms with E-state index < -0.39 is 0 Å². The maximum absolute atomic E-state index is 11.6. The molecule has 0 N–H and O–H groups in total. The Morgan fingerprint density at radius 3 is 1.75 bits per heavy atom. The summed E-state index contributed by atoms with van der Waals surface area (Å²) in [5.74, 6) is 0.396. The molecule has 0 aromatic heterocycles. The monoisotopic (exact) mass is 168 g/mol. The molecule has 1 heteroatoms. The Labute approximate surface area is 75.5 Å². The number of hydrogen-bond acceptors (Lipinski definition) is 1. The zero-order valence-corrected chi connectivity index (χ0v) is 8.74. The maximum Gasteiger partial charge on any atom is 0.136 e. The summed E-state index contributed by atoms with van der Waals surface area (Å²) in [4.78, 5) is 11.6. The van der Waals surface area contributed by atoms with Crippen LogP contribution in [-0.4, -0.2) is 5.78 Å². The van der Waals surface area contributed by atoms with Crippen molar-refractivity contribution in [1.82, 2.24) is 0 Å². The van der Waals surface area contributed by atoms with Gasteiger partial charge in [0.05, 0.1) is 0 Å². The van der Waals surface area contributed by atoms with Gasteiger partial charge in [-0.15, -0.1) is 0 Å². The van der Waals surface area contributed by atoms with Crippen molar-refractivity contribution in [2.75, 3.05) is 0 Å². The largest absolute Gasteiger partial charge is 0.299 e. The first kappa shape index (κ1) is 9.76. The summed E-state index contributed by atoms with van der Waals surface area (Å²) in [5, 5.41) is 0. The fourth-order valence-electron chi connectivity index (χ4n) is 2.61. The van der Waals surface area contributed by atoms with E-state index in [1.54, 1.807) is 6.92 Å². The molecule has 1 saturated carbocycles. The minimum atomic E-state index is -0.00694. The second-order valence-corrected chi connectivity index (χ2v) is 5.10. The molecule has 0 saturated heterocycles. The molecule has 0 aromatic rings. The lowest BCUT2D eigenvalue weighted by atomic mass is 9.63. The molecular weight excluding hydrogens is 148 g/mol. The Morgan fingerprint density at radius 1 is 1.17 bits per heavy atom. The summed E-state index contributed by atoms with van der Waals surface area (Å²) in [5.41, 5.74) is 0.141. The Balaban J connectivity index is 2.94. The van der Waals surface area contributed by atoms with Crippen LogP contribution in [0, 0.1) is 10.8 Å². The summed E-state index contributed by atoms with van der Waals surface area (Å²) >= 11 is 0. The van der Waals surface area contributed by atoms with E-state index in [0.29, 0.717) is 5.78 Å². The molecule has 70 valence electrons. The first-order valence-electron chi connectivity index (χ1n) is 4.91. The molecule has 0 aliphatic heterocycles. The SMILES string of the molecule is CC(=O)C1(C(C)(C)C)CCCC1. The second-order valence-electron chi connectivity index (χ2n) is 5.10. The first-order chi connectivity index (χ1) is 5.40. The van der Waals surface area contributed by atoms with Gasteiger partial charge in [0, 0.05) is 5.41 Å². The molecule has 1 rings (SSSR count). The number of ketones is 1. The van der Waals surface area contributed by atoms with Crippen LogP contribution in [0.3, 0.4) is 0 Å². The smallest absolute Gasteiger partial charge is 0.136 e. The molecule has 0 aromatic carbocycles. The zero-order chi connectivity index (χ0) is 9.41. The molecule has 12 heavy (non-hydrogen) atoms. The van der Waals surface area contributed by atoms with Gasteiger partial charge in [-0.05, 0) is 25.2 Å². The van der Waals surface area contributed by atoms with E-state index in [4.69, 9.17) is 0 Å². The minimum Gasteiger partial charge on any atom is -0.299 e. The first-order valence-corrected chi connectivity index (χ1v) is 4.91. The summed E-state index contributed by atoms with van der Waals surface area (Å²) in [6, 6.07) is 0. The van der Waals surface area contributed by atoms with Gasteiger partial charge in [-0.3, -0.25) is 4.79 Å². The van der Waals surface area contributed by atoms with Crippen LogP contribution in [0.15, 0.2) is 0 Å². The van der Waals surface area contributed by atoms with Gasteiger partial charge in [0.1, 0.15) is 5.78 Å². The van der Waals surface area contributed by atoms with E-state index in [0.717, 1.165) is 12.8 Å². The minimum absolute atomic E-state index is 0.00694. The van der Waals surface area contributed by atoms with Crippen molar-refractivity contribution in [2.45, 2.75) is 53.4 Å². The van der Waals surface area contributed by atoms with E-state index in [1.807, 2.05) is 0 Å². The highest BCUT2D eigenvalue weighted by Gasteiger charge is 2.47. The third kappa shape index (κ3) is 1.30. The van der Waals surface area contributed by atoms with Gasteiger partial charge >= 0.3 is 0 Å². The van der Waals surface area contributed by atoms with Crippen LogP contribution in [0.25, 0.3) is 0 Å². The van der Waals surface area contributed by atoms with Gasteiger partial charge < -0.3 is 0 Å². The standard InChI is InChI=1S/C11H20O/c1-9(12)11(10(2,3)4)7-5-6-8-11/h5-8H2,1-4H3. The van der Waals surface area contributed by atoms with E-state index in [2.05, 4.69) is 20.8 Å². The average molecular weight is 168 g/mol. The average Bonchev–Trinajstić information content (AvgIpc) is 2.31. The number of rotatable bonds is 1. The highest BCUT2D eigenvalue weighted by Crippen LogP contribution is 2.51. The van der Waals surface area contributed by atoms with E-state index >= 15 is 0 Å². The van der Waals surface area contributed by atoms with Crippen LogP contribution in [0.4, 0.5) is 0 Å². The lowest BCUT2D eigenvalue weighted by molar-refractivity contribution is -0.132. The van der Waals surface area contributed by atoms with Gasteiger partial charge in [-0.1, -0.05) is 33.6 Å². The summed E-state index contributed by atoms with van der Waals surface area (Å²) in [6.45, 7) is 8.34. The van der Waals surface area contributed by atoms with Gasteiger partial charge in [-0.2, -0.15) is 0 Å². The number of hydrogen-bond donors (Lipinski definition) is 0. The Bertz CT molecular complexity index is 180. The quantitative estimate of drug-likeness (QED) is 0.587. The predicted octanol–water partition coefficient (Wildman–Crippen LogP) is 3.18. The molecule has 0 amide bonds. The van der Waals surface area contributed by atoms with Gasteiger partial charge in [0.25, 0.3) is 0 Å². The van der Waals surface area contributed by atoms with Gasteiger partial charge in [0.2, 0.25) is 0 Å². The molecular formula is C11H20O. The van der Waals surface area contributed by atoms with E-state index in [9.17, 15) is 4.79 Å². The number of Topliss-reactive ketones (excluding diaryl/α,β-unsaturated/α-hetero) is 1. The van der Waals surface area contributed by atoms with Gasteiger partial charge in [-0.25, -0.2) is 0 Å². The maximum atomic E-state index is 11.6. The fourth-order valence-corrected chi connectivity index (χ4v) is 2.61. The highest BCUT2D eigenvalue weighted by molar-refractivity contribution is 5.83. The van der Waals surface area contributed by atoms with Crippen molar-refractivity contribution >= 4 is 5.78 Å². The summed E-state index contributed by atoms with van der Waals surface area (Å²) in [7, 11) is 0. The van der Waals surface area contributed by atoms with Crippen molar-refractivity contribution < 1.29 is 4.79 Å². The molecule has 0 atom stereocenters. The Hall–Kier alpha value is -0.330. The Kier molecular flexibility index (Phi) is 2.33. The highest BCUT2D eigenvalue weighted by atomic mass is 16.1. The molecule has 1 aliphatic rings. The molecule has 0 radical (unpaired) electrons. The van der Waals surface area contributed by atoms with Crippen molar-refractivity contribution in [1.29, 1.82) is 0 Å². The van der Waals surface area contributed by atoms with Crippen LogP contribution in [-0.2, 0) is 4.79 Å². The number of carbonyl (C=O) groups is 1. The summed E-state index contributed by atoms with van der Waals surface area (Å²) in [6.07, 6.45) is 4.67.